The van der Waals surface area contributed by atoms with Crippen LogP contribution in [0.15, 0.2) is 54.7 Å². The third-order valence-electron chi connectivity index (χ3n) is 5.62. The number of anilines is 1. The molecule has 160 valence electrons. The number of halogens is 3. The normalized spacial score (nSPS) is 18.5. The van der Waals surface area contributed by atoms with E-state index in [0.717, 1.165) is 17.7 Å². The summed E-state index contributed by atoms with van der Waals surface area (Å²) in [6, 6.07) is 11.6. The maximum Gasteiger partial charge on any atom is 0.416 e. The number of benzene rings is 2. The van der Waals surface area contributed by atoms with Gasteiger partial charge >= 0.3 is 6.18 Å². The Morgan fingerprint density at radius 1 is 1.13 bits per heavy atom. The van der Waals surface area contributed by atoms with Crippen molar-refractivity contribution < 1.29 is 22.8 Å². The van der Waals surface area contributed by atoms with Crippen molar-refractivity contribution in [2.45, 2.75) is 38.4 Å². The summed E-state index contributed by atoms with van der Waals surface area (Å²) in [5, 5.41) is 7.03. The number of aryl methyl sites for hydroxylation is 1. The Kier molecular flexibility index (Phi) is 5.16. The molecule has 1 aromatic heterocycles. The largest absolute Gasteiger partial charge is 0.416 e. The Hall–Kier alpha value is -3.42. The van der Waals surface area contributed by atoms with Crippen LogP contribution in [0.25, 0.3) is 0 Å². The number of rotatable bonds is 3. The lowest BCUT2D eigenvalue weighted by atomic mass is 9.84. The summed E-state index contributed by atoms with van der Waals surface area (Å²) in [6.45, 7) is 3.70. The highest BCUT2D eigenvalue weighted by Gasteiger charge is 2.37. The standard InChI is InChI=1S/C23H20F3N3O2/c1-13-5-3-4-6-17(13)22(31)28-19-12-27-29-14(2)11-18(21(30)20(19)29)15-7-9-16(10-8-15)23(24,25)26/h3-10,12,14,18H,11H2,1-2H3,(H,28,31)/t14-,18?/m0/s1. The summed E-state index contributed by atoms with van der Waals surface area (Å²) < 4.78 is 40.2. The third-order valence-corrected chi connectivity index (χ3v) is 5.62. The van der Waals surface area contributed by atoms with E-state index in [1.54, 1.807) is 16.8 Å². The first-order chi connectivity index (χ1) is 14.7. The molecule has 0 aliphatic carbocycles. The number of carbonyl (C=O) groups is 2. The number of hydrogen-bond donors (Lipinski definition) is 1. The minimum atomic E-state index is -4.44. The number of carbonyl (C=O) groups excluding carboxylic acids is 2. The van der Waals surface area contributed by atoms with Crippen LogP contribution in [-0.2, 0) is 6.18 Å². The fraction of sp³-hybridized carbons (Fsp3) is 0.261. The topological polar surface area (TPSA) is 64.0 Å². The molecule has 8 heteroatoms. The molecular formula is C23H20F3N3O2. The van der Waals surface area contributed by atoms with Crippen molar-refractivity contribution in [2.24, 2.45) is 0 Å². The van der Waals surface area contributed by atoms with Crippen LogP contribution in [0.2, 0.25) is 0 Å². The second-order valence-electron chi connectivity index (χ2n) is 7.74. The first-order valence-corrected chi connectivity index (χ1v) is 9.82. The molecule has 1 N–H and O–H groups in total. The number of nitrogens with one attached hydrogen (secondary N) is 1. The number of nitrogens with zero attached hydrogens (tertiary/aromatic N) is 2. The molecule has 2 aromatic carbocycles. The van der Waals surface area contributed by atoms with Gasteiger partial charge in [0.25, 0.3) is 5.91 Å². The number of aromatic nitrogens is 2. The molecule has 1 aliphatic rings. The molecule has 0 spiro atoms. The molecule has 0 saturated heterocycles. The highest BCUT2D eigenvalue weighted by atomic mass is 19.4. The minimum absolute atomic E-state index is 0.163. The number of fused-ring (bicyclic) bond motifs is 1. The van der Waals surface area contributed by atoms with Crippen molar-refractivity contribution >= 4 is 17.4 Å². The summed E-state index contributed by atoms with van der Waals surface area (Å²) in [5.41, 5.74) is 1.57. The summed E-state index contributed by atoms with van der Waals surface area (Å²) in [7, 11) is 0. The van der Waals surface area contributed by atoms with E-state index in [0.29, 0.717) is 23.2 Å². The zero-order valence-electron chi connectivity index (χ0n) is 16.9. The molecule has 3 aromatic rings. The summed E-state index contributed by atoms with van der Waals surface area (Å²) >= 11 is 0. The van der Waals surface area contributed by atoms with Gasteiger partial charge in [-0.1, -0.05) is 30.3 Å². The van der Waals surface area contributed by atoms with Crippen molar-refractivity contribution in [2.75, 3.05) is 5.32 Å². The van der Waals surface area contributed by atoms with Crippen LogP contribution in [0.1, 0.15) is 62.8 Å². The van der Waals surface area contributed by atoms with E-state index in [1.165, 1.54) is 18.3 Å². The van der Waals surface area contributed by atoms with Crippen LogP contribution in [0.5, 0.6) is 0 Å². The van der Waals surface area contributed by atoms with Gasteiger partial charge in [-0.15, -0.1) is 0 Å². The predicted octanol–water partition coefficient (Wildman–Crippen LogP) is 5.39. The second-order valence-corrected chi connectivity index (χ2v) is 7.74. The Bertz CT molecular complexity index is 1150. The van der Waals surface area contributed by atoms with Gasteiger partial charge in [-0.05, 0) is 49.6 Å². The maximum atomic E-state index is 13.3. The first-order valence-electron chi connectivity index (χ1n) is 9.82. The highest BCUT2D eigenvalue weighted by Crippen LogP contribution is 2.39. The van der Waals surface area contributed by atoms with Gasteiger partial charge in [-0.25, -0.2) is 0 Å². The smallest absolute Gasteiger partial charge is 0.319 e. The Balaban J connectivity index is 1.64. The molecule has 31 heavy (non-hydrogen) atoms. The fourth-order valence-corrected chi connectivity index (χ4v) is 3.96. The zero-order chi connectivity index (χ0) is 22.3. The molecule has 1 aliphatic heterocycles. The average Bonchev–Trinajstić information content (AvgIpc) is 3.15. The van der Waals surface area contributed by atoms with Crippen LogP contribution < -0.4 is 5.32 Å². The Morgan fingerprint density at radius 2 is 1.81 bits per heavy atom. The molecule has 4 rings (SSSR count). The van der Waals surface area contributed by atoms with Gasteiger partial charge in [0.2, 0.25) is 0 Å². The van der Waals surface area contributed by atoms with Gasteiger partial charge in [-0.3, -0.25) is 14.3 Å². The van der Waals surface area contributed by atoms with E-state index in [4.69, 9.17) is 0 Å². The van der Waals surface area contributed by atoms with Crippen molar-refractivity contribution in [3.63, 3.8) is 0 Å². The molecule has 5 nitrogen and oxygen atoms in total. The molecule has 0 saturated carbocycles. The number of ketones is 1. The molecular weight excluding hydrogens is 407 g/mol. The first kappa shape index (κ1) is 20.8. The number of amides is 1. The van der Waals surface area contributed by atoms with Crippen molar-refractivity contribution in [3.05, 3.63) is 82.7 Å². The maximum absolute atomic E-state index is 13.3. The zero-order valence-corrected chi connectivity index (χ0v) is 16.9. The monoisotopic (exact) mass is 427 g/mol. The lowest BCUT2D eigenvalue weighted by Gasteiger charge is -2.28. The Morgan fingerprint density at radius 3 is 2.45 bits per heavy atom. The van der Waals surface area contributed by atoms with E-state index in [9.17, 15) is 22.8 Å². The van der Waals surface area contributed by atoms with Crippen LogP contribution in [0, 0.1) is 6.92 Å². The van der Waals surface area contributed by atoms with Crippen LogP contribution in [0.3, 0.4) is 0 Å². The summed E-state index contributed by atoms with van der Waals surface area (Å²) in [4.78, 5) is 26.0. The number of alkyl halides is 3. The average molecular weight is 427 g/mol. The van der Waals surface area contributed by atoms with E-state index in [-0.39, 0.29) is 23.4 Å². The number of hydrogen-bond acceptors (Lipinski definition) is 3. The summed E-state index contributed by atoms with van der Waals surface area (Å²) in [5.74, 6) is -1.25. The summed E-state index contributed by atoms with van der Waals surface area (Å²) in [6.07, 6.45) is -2.59. The molecule has 2 heterocycles. The predicted molar refractivity (Wildman–Crippen MR) is 109 cm³/mol. The molecule has 1 amide bonds. The van der Waals surface area contributed by atoms with Crippen LogP contribution >= 0.6 is 0 Å². The van der Waals surface area contributed by atoms with Gasteiger partial charge in [0.15, 0.2) is 5.78 Å². The SMILES string of the molecule is Cc1ccccc1C(=O)Nc1cnn2c1C(=O)C(c1ccc(C(F)(F)F)cc1)C[C@@H]2C. The van der Waals surface area contributed by atoms with E-state index >= 15 is 0 Å². The van der Waals surface area contributed by atoms with E-state index < -0.39 is 17.7 Å². The van der Waals surface area contributed by atoms with Crippen molar-refractivity contribution in [3.8, 4) is 0 Å². The molecule has 0 radical (unpaired) electrons. The van der Waals surface area contributed by atoms with Crippen LogP contribution in [-0.4, -0.2) is 21.5 Å². The fourth-order valence-electron chi connectivity index (χ4n) is 3.96. The van der Waals surface area contributed by atoms with Gasteiger partial charge in [-0.2, -0.15) is 18.3 Å². The van der Waals surface area contributed by atoms with E-state index in [1.807, 2.05) is 26.0 Å². The van der Waals surface area contributed by atoms with Crippen molar-refractivity contribution in [1.82, 2.24) is 9.78 Å². The second kappa shape index (κ2) is 7.68. The molecule has 1 unspecified atom stereocenters. The van der Waals surface area contributed by atoms with Gasteiger partial charge in [0.05, 0.1) is 29.4 Å². The lowest BCUT2D eigenvalue weighted by Crippen LogP contribution is -2.29. The van der Waals surface area contributed by atoms with Gasteiger partial charge < -0.3 is 5.32 Å². The van der Waals surface area contributed by atoms with Crippen molar-refractivity contribution in [1.29, 1.82) is 0 Å². The van der Waals surface area contributed by atoms with E-state index in [2.05, 4.69) is 10.4 Å². The van der Waals surface area contributed by atoms with Crippen LogP contribution in [0.4, 0.5) is 18.9 Å². The molecule has 0 fully saturated rings. The third kappa shape index (κ3) is 3.85. The number of Topliss-reactive ketones (excluding diaryl/α,β-unsaturated/α-hetero) is 1. The molecule has 2 atom stereocenters. The highest BCUT2D eigenvalue weighted by molar-refractivity contribution is 6.11. The quantitative estimate of drug-likeness (QED) is 0.609. The van der Waals surface area contributed by atoms with Gasteiger partial charge in [0, 0.05) is 5.56 Å². The van der Waals surface area contributed by atoms with Gasteiger partial charge in [0.1, 0.15) is 5.69 Å². The minimum Gasteiger partial charge on any atom is -0.319 e. The Labute approximate surface area is 176 Å². The molecule has 0 bridgehead atoms. The lowest BCUT2D eigenvalue weighted by molar-refractivity contribution is -0.137.